The molecule has 2 atom stereocenters. The van der Waals surface area contributed by atoms with E-state index in [1.54, 1.807) is 61.5 Å². The molecule has 4 rings (SSSR count). The van der Waals surface area contributed by atoms with E-state index < -0.39 is 47.4 Å². The SMILES string of the molecule is COC(=O)Cc1cccc(O[C@H]2CCc3cc(C(O)(C(F)(F)F)C(F)(F)F)ccc3N(C(=O)[C@@H](C)c3ccccc3)C2)c1. The van der Waals surface area contributed by atoms with Crippen LogP contribution in [0.4, 0.5) is 32.0 Å². The summed E-state index contributed by atoms with van der Waals surface area (Å²) in [5.41, 5.74) is -5.12. The first-order chi connectivity index (χ1) is 20.2. The molecule has 1 aliphatic heterocycles. The minimum Gasteiger partial charge on any atom is -0.489 e. The number of fused-ring (bicyclic) bond motifs is 1. The average molecular weight is 610 g/mol. The Balaban J connectivity index is 1.73. The molecule has 1 N–H and O–H groups in total. The fourth-order valence-corrected chi connectivity index (χ4v) is 5.05. The Morgan fingerprint density at radius 3 is 2.26 bits per heavy atom. The number of hydrogen-bond donors (Lipinski definition) is 1. The number of methoxy groups -OCH3 is 1. The van der Waals surface area contributed by atoms with Crippen LogP contribution in [-0.4, -0.2) is 49.1 Å². The highest BCUT2D eigenvalue weighted by atomic mass is 19.4. The minimum absolute atomic E-state index is 0.0172. The Kier molecular flexibility index (Phi) is 9.10. The first-order valence-corrected chi connectivity index (χ1v) is 13.3. The predicted molar refractivity (Wildman–Crippen MR) is 145 cm³/mol. The molecule has 230 valence electrons. The van der Waals surface area contributed by atoms with Crippen LogP contribution < -0.4 is 9.64 Å². The molecule has 0 saturated heterocycles. The van der Waals surface area contributed by atoms with Crippen LogP contribution in [0.2, 0.25) is 0 Å². The summed E-state index contributed by atoms with van der Waals surface area (Å²) in [4.78, 5) is 26.8. The van der Waals surface area contributed by atoms with Crippen LogP contribution in [0.3, 0.4) is 0 Å². The molecule has 0 radical (unpaired) electrons. The number of benzene rings is 3. The van der Waals surface area contributed by atoms with Gasteiger partial charge in [0.25, 0.3) is 5.60 Å². The molecule has 0 fully saturated rings. The van der Waals surface area contributed by atoms with Crippen LogP contribution in [0.1, 0.15) is 41.5 Å². The molecule has 0 aromatic heterocycles. The number of aliphatic hydroxyl groups is 1. The normalized spacial score (nSPS) is 16.6. The van der Waals surface area contributed by atoms with Gasteiger partial charge in [0.15, 0.2) is 0 Å². The second-order valence-electron chi connectivity index (χ2n) is 10.3. The maximum absolute atomic E-state index is 13.8. The van der Waals surface area contributed by atoms with Crippen molar-refractivity contribution in [3.05, 3.63) is 95.1 Å². The molecular weight excluding hydrogens is 580 g/mol. The third kappa shape index (κ3) is 6.64. The van der Waals surface area contributed by atoms with Gasteiger partial charge in [-0.25, -0.2) is 0 Å². The number of esters is 1. The third-order valence-corrected chi connectivity index (χ3v) is 7.44. The van der Waals surface area contributed by atoms with Crippen molar-refractivity contribution in [1.82, 2.24) is 0 Å². The lowest BCUT2D eigenvalue weighted by atomic mass is 9.89. The molecule has 0 bridgehead atoms. The minimum atomic E-state index is -6.05. The smallest absolute Gasteiger partial charge is 0.430 e. The summed E-state index contributed by atoms with van der Waals surface area (Å²) in [5.74, 6) is -1.28. The van der Waals surface area contributed by atoms with Crippen molar-refractivity contribution < 1.29 is 50.5 Å². The highest BCUT2D eigenvalue weighted by molar-refractivity contribution is 5.98. The van der Waals surface area contributed by atoms with Crippen LogP contribution in [0.25, 0.3) is 0 Å². The summed E-state index contributed by atoms with van der Waals surface area (Å²) in [5, 5.41) is 10.0. The van der Waals surface area contributed by atoms with Crippen LogP contribution in [-0.2, 0) is 32.8 Å². The van der Waals surface area contributed by atoms with Crippen molar-refractivity contribution in [2.75, 3.05) is 18.6 Å². The lowest BCUT2D eigenvalue weighted by Crippen LogP contribution is -2.54. The van der Waals surface area contributed by atoms with E-state index in [9.17, 15) is 41.0 Å². The first kappa shape index (κ1) is 31.9. The number of anilines is 1. The second-order valence-corrected chi connectivity index (χ2v) is 10.3. The number of carbonyl (C=O) groups excluding carboxylic acids is 2. The number of amides is 1. The van der Waals surface area contributed by atoms with Gasteiger partial charge in [0.1, 0.15) is 11.9 Å². The fraction of sp³-hybridized carbons (Fsp3) is 0.355. The summed E-state index contributed by atoms with van der Waals surface area (Å²) in [6, 6.07) is 17.5. The highest BCUT2D eigenvalue weighted by Crippen LogP contribution is 2.51. The second kappa shape index (κ2) is 12.3. The maximum atomic E-state index is 13.8. The van der Waals surface area contributed by atoms with E-state index in [4.69, 9.17) is 4.74 Å². The lowest BCUT2D eigenvalue weighted by molar-refractivity contribution is -0.376. The maximum Gasteiger partial charge on any atom is 0.430 e. The van der Waals surface area contributed by atoms with Gasteiger partial charge in [-0.3, -0.25) is 9.59 Å². The summed E-state index contributed by atoms with van der Waals surface area (Å²) >= 11 is 0. The van der Waals surface area contributed by atoms with Crippen LogP contribution in [0.5, 0.6) is 5.75 Å². The molecule has 12 heteroatoms. The molecule has 1 aliphatic rings. The number of hydrogen-bond acceptors (Lipinski definition) is 5. The Hall–Kier alpha value is -4.06. The Bertz CT molecular complexity index is 1440. The number of alkyl halides is 6. The lowest BCUT2D eigenvalue weighted by Gasteiger charge is -2.34. The molecule has 3 aromatic rings. The van der Waals surface area contributed by atoms with E-state index in [-0.39, 0.29) is 37.1 Å². The molecule has 43 heavy (non-hydrogen) atoms. The van der Waals surface area contributed by atoms with Crippen molar-refractivity contribution in [2.24, 2.45) is 0 Å². The van der Waals surface area contributed by atoms with Crippen molar-refractivity contribution in [1.29, 1.82) is 0 Å². The zero-order chi connectivity index (χ0) is 31.6. The van der Waals surface area contributed by atoms with E-state index in [1.807, 2.05) is 0 Å². The third-order valence-electron chi connectivity index (χ3n) is 7.44. The standard InChI is InChI=1S/C31H29F6NO5/c1-19(21-8-4-3-5-9-21)28(40)38-18-25(43-24-10-6-7-20(15-24)16-27(39)42-2)13-11-22-17-23(12-14-26(22)38)29(41,30(32,33)34)31(35,36)37/h3-10,12,14-15,17,19,25,41H,11,13,16,18H2,1-2H3/t19-,25-/m0/s1. The molecule has 0 spiro atoms. The Morgan fingerprint density at radius 1 is 0.953 bits per heavy atom. The summed E-state index contributed by atoms with van der Waals surface area (Å²) < 4.78 is 92.7. The molecule has 1 amide bonds. The van der Waals surface area contributed by atoms with Gasteiger partial charge in [-0.1, -0.05) is 54.6 Å². The monoisotopic (exact) mass is 609 g/mol. The summed E-state index contributed by atoms with van der Waals surface area (Å²) in [7, 11) is 1.25. The molecule has 6 nitrogen and oxygen atoms in total. The molecular formula is C31H29F6NO5. The van der Waals surface area contributed by atoms with E-state index in [0.717, 1.165) is 6.07 Å². The van der Waals surface area contributed by atoms with Crippen LogP contribution >= 0.6 is 0 Å². The molecule has 0 aliphatic carbocycles. The Labute approximate surface area is 243 Å². The van der Waals surface area contributed by atoms with Crippen molar-refractivity contribution in [3.8, 4) is 5.75 Å². The van der Waals surface area contributed by atoms with E-state index in [2.05, 4.69) is 4.74 Å². The van der Waals surface area contributed by atoms with Crippen LogP contribution in [0.15, 0.2) is 72.8 Å². The number of aryl methyl sites for hydroxylation is 1. The van der Waals surface area contributed by atoms with Crippen molar-refractivity contribution in [2.45, 2.75) is 56.2 Å². The van der Waals surface area contributed by atoms with Gasteiger partial charge < -0.3 is 19.5 Å². The van der Waals surface area contributed by atoms with Gasteiger partial charge >= 0.3 is 18.3 Å². The first-order valence-electron chi connectivity index (χ1n) is 13.3. The van der Waals surface area contributed by atoms with E-state index in [1.165, 1.54) is 12.0 Å². The topological polar surface area (TPSA) is 76.1 Å². The van der Waals surface area contributed by atoms with Gasteiger partial charge in [0.05, 0.1) is 26.0 Å². The zero-order valence-electron chi connectivity index (χ0n) is 23.2. The average Bonchev–Trinajstić information content (AvgIpc) is 3.14. The molecule has 0 unspecified atom stereocenters. The Morgan fingerprint density at radius 2 is 1.63 bits per heavy atom. The zero-order valence-corrected chi connectivity index (χ0v) is 23.2. The van der Waals surface area contributed by atoms with Gasteiger partial charge in [-0.05, 0) is 54.7 Å². The molecule has 0 saturated carbocycles. The number of halogens is 6. The quantitative estimate of drug-likeness (QED) is 0.254. The molecule has 3 aromatic carbocycles. The van der Waals surface area contributed by atoms with Gasteiger partial charge in [-0.15, -0.1) is 0 Å². The van der Waals surface area contributed by atoms with Crippen molar-refractivity contribution >= 4 is 17.6 Å². The van der Waals surface area contributed by atoms with Crippen molar-refractivity contribution in [3.63, 3.8) is 0 Å². The number of ether oxygens (including phenoxy) is 2. The van der Waals surface area contributed by atoms with Crippen LogP contribution in [0, 0.1) is 0 Å². The highest BCUT2D eigenvalue weighted by Gasteiger charge is 2.71. The van der Waals surface area contributed by atoms with E-state index >= 15 is 0 Å². The van der Waals surface area contributed by atoms with Gasteiger partial charge in [0.2, 0.25) is 5.91 Å². The van der Waals surface area contributed by atoms with E-state index in [0.29, 0.717) is 29.0 Å². The predicted octanol–water partition coefficient (Wildman–Crippen LogP) is 6.24. The fourth-order valence-electron chi connectivity index (χ4n) is 5.05. The largest absolute Gasteiger partial charge is 0.489 e. The number of rotatable bonds is 7. The summed E-state index contributed by atoms with van der Waals surface area (Å²) in [6.45, 7) is 1.58. The molecule has 1 heterocycles. The number of nitrogens with zero attached hydrogens (tertiary/aromatic N) is 1. The van der Waals surface area contributed by atoms with Gasteiger partial charge in [-0.2, -0.15) is 26.3 Å². The van der Waals surface area contributed by atoms with Gasteiger partial charge in [0, 0.05) is 11.3 Å². The number of carbonyl (C=O) groups is 2. The summed E-state index contributed by atoms with van der Waals surface area (Å²) in [6.07, 6.45) is -12.8.